The molecule has 3 rings (SSSR count). The molecule has 0 N–H and O–H groups in total. The maximum atomic E-state index is 11.3. The van der Waals surface area contributed by atoms with Crippen LogP contribution < -0.4 is 0 Å². The van der Waals surface area contributed by atoms with Crippen LogP contribution >= 0.6 is 0 Å². The molecule has 0 heterocycles. The van der Waals surface area contributed by atoms with Crippen LogP contribution in [-0.4, -0.2) is 9.85 Å². The molecule has 6 nitrogen and oxygen atoms in total. The predicted molar refractivity (Wildman–Crippen MR) is 77.3 cm³/mol. The lowest BCUT2D eigenvalue weighted by Gasteiger charge is -2.20. The Balaban J connectivity index is 2.43. The number of hydrogen-bond donors (Lipinski definition) is 0. The fraction of sp³-hybridized carbons (Fsp3) is 0.200. The zero-order valence-corrected chi connectivity index (χ0v) is 11.5. The third kappa shape index (κ3) is 1.65. The average Bonchev–Trinajstić information content (AvgIpc) is 2.68. The normalized spacial score (nSPS) is 14.4. The van der Waals surface area contributed by atoms with Crippen molar-refractivity contribution in [3.63, 3.8) is 0 Å². The highest BCUT2D eigenvalue weighted by atomic mass is 16.6. The monoisotopic (exact) mass is 284 g/mol. The second-order valence-electron chi connectivity index (χ2n) is 5.54. The summed E-state index contributed by atoms with van der Waals surface area (Å²) in [6, 6.07) is 9.66. The van der Waals surface area contributed by atoms with E-state index in [-0.39, 0.29) is 11.4 Å². The van der Waals surface area contributed by atoms with E-state index in [1.54, 1.807) is 38.1 Å². The van der Waals surface area contributed by atoms with Gasteiger partial charge in [-0.1, -0.05) is 38.1 Å². The molecule has 6 heteroatoms. The van der Waals surface area contributed by atoms with Crippen LogP contribution in [0.25, 0.3) is 11.1 Å². The van der Waals surface area contributed by atoms with Gasteiger partial charge in [0.05, 0.1) is 9.85 Å². The number of nitro benzene ring substituents is 2. The smallest absolute Gasteiger partial charge is 0.258 e. The van der Waals surface area contributed by atoms with Crippen LogP contribution in [0.2, 0.25) is 0 Å². The van der Waals surface area contributed by atoms with Crippen molar-refractivity contribution < 1.29 is 9.85 Å². The Labute approximate surface area is 120 Å². The highest BCUT2D eigenvalue weighted by Gasteiger charge is 2.45. The van der Waals surface area contributed by atoms with Gasteiger partial charge in [0.15, 0.2) is 0 Å². The minimum absolute atomic E-state index is 0.00278. The fourth-order valence-electron chi connectivity index (χ4n) is 3.27. The van der Waals surface area contributed by atoms with E-state index in [1.807, 2.05) is 0 Å². The first-order chi connectivity index (χ1) is 9.85. The van der Waals surface area contributed by atoms with Gasteiger partial charge in [-0.15, -0.1) is 0 Å². The molecule has 0 amide bonds. The summed E-state index contributed by atoms with van der Waals surface area (Å²) >= 11 is 0. The van der Waals surface area contributed by atoms with Crippen molar-refractivity contribution in [3.8, 4) is 11.1 Å². The van der Waals surface area contributed by atoms with E-state index < -0.39 is 15.3 Å². The molecule has 2 aromatic carbocycles. The average molecular weight is 284 g/mol. The largest absolute Gasteiger partial charge is 0.274 e. The van der Waals surface area contributed by atoms with Crippen molar-refractivity contribution in [3.05, 3.63) is 67.8 Å². The maximum absolute atomic E-state index is 11.3. The Morgan fingerprint density at radius 2 is 1.19 bits per heavy atom. The zero-order chi connectivity index (χ0) is 15.4. The Kier molecular flexibility index (Phi) is 2.59. The topological polar surface area (TPSA) is 86.3 Å². The van der Waals surface area contributed by atoms with E-state index >= 15 is 0 Å². The second-order valence-corrected chi connectivity index (χ2v) is 5.54. The van der Waals surface area contributed by atoms with Gasteiger partial charge in [0.25, 0.3) is 11.4 Å². The number of nitro groups is 2. The predicted octanol–water partition coefficient (Wildman–Crippen LogP) is 3.81. The Hall–Kier alpha value is -2.76. The van der Waals surface area contributed by atoms with Crippen molar-refractivity contribution in [1.82, 2.24) is 0 Å². The Morgan fingerprint density at radius 3 is 1.52 bits per heavy atom. The molecular weight excluding hydrogens is 272 g/mol. The number of rotatable bonds is 2. The lowest BCUT2D eigenvalue weighted by atomic mass is 9.81. The molecule has 0 atom stereocenters. The summed E-state index contributed by atoms with van der Waals surface area (Å²) in [5, 5.41) is 22.6. The zero-order valence-electron chi connectivity index (χ0n) is 11.5. The maximum Gasteiger partial charge on any atom is 0.274 e. The van der Waals surface area contributed by atoms with Gasteiger partial charge in [0.2, 0.25) is 0 Å². The molecule has 2 aromatic rings. The molecule has 0 spiro atoms. The highest BCUT2D eigenvalue weighted by Crippen LogP contribution is 2.54. The summed E-state index contributed by atoms with van der Waals surface area (Å²) in [4.78, 5) is 21.7. The molecule has 1 aliphatic rings. The molecule has 0 aliphatic heterocycles. The van der Waals surface area contributed by atoms with Gasteiger partial charge in [-0.2, -0.15) is 0 Å². The molecule has 0 aromatic heterocycles. The number of nitrogens with zero attached hydrogens (tertiary/aromatic N) is 2. The van der Waals surface area contributed by atoms with Crippen molar-refractivity contribution in [1.29, 1.82) is 0 Å². The molecule has 21 heavy (non-hydrogen) atoms. The molecule has 0 fully saturated rings. The van der Waals surface area contributed by atoms with Gasteiger partial charge < -0.3 is 0 Å². The SMILES string of the molecule is CC1(C)c2c(cccc2[N+](=O)[O-])-c2cccc([N+](=O)[O-])c21. The van der Waals surface area contributed by atoms with Crippen molar-refractivity contribution >= 4 is 11.4 Å². The van der Waals surface area contributed by atoms with E-state index in [9.17, 15) is 20.2 Å². The molecule has 1 aliphatic carbocycles. The third-order valence-electron chi connectivity index (χ3n) is 4.02. The summed E-state index contributed by atoms with van der Waals surface area (Å²) in [6.07, 6.45) is 0. The number of hydrogen-bond acceptors (Lipinski definition) is 4. The first kappa shape index (κ1) is 13.2. The van der Waals surface area contributed by atoms with Crippen LogP contribution in [0.3, 0.4) is 0 Å². The first-order valence-corrected chi connectivity index (χ1v) is 6.42. The number of fused-ring (bicyclic) bond motifs is 3. The summed E-state index contributed by atoms with van der Waals surface area (Å²) in [5.74, 6) is 0. The van der Waals surface area contributed by atoms with Crippen LogP contribution in [0, 0.1) is 20.2 Å². The molecule has 0 saturated carbocycles. The second kappa shape index (κ2) is 4.12. The van der Waals surface area contributed by atoms with E-state index in [0.29, 0.717) is 22.3 Å². The summed E-state index contributed by atoms with van der Waals surface area (Å²) in [6.45, 7) is 3.58. The van der Waals surface area contributed by atoms with Gasteiger partial charge >= 0.3 is 0 Å². The van der Waals surface area contributed by atoms with Crippen molar-refractivity contribution in [2.45, 2.75) is 19.3 Å². The minimum Gasteiger partial charge on any atom is -0.258 e. The molecule has 0 bridgehead atoms. The Morgan fingerprint density at radius 1 is 0.810 bits per heavy atom. The van der Waals surface area contributed by atoms with Crippen LogP contribution in [0.5, 0.6) is 0 Å². The molecule has 0 saturated heterocycles. The van der Waals surface area contributed by atoms with Crippen LogP contribution in [0.4, 0.5) is 11.4 Å². The van der Waals surface area contributed by atoms with Crippen LogP contribution in [0.15, 0.2) is 36.4 Å². The van der Waals surface area contributed by atoms with Crippen molar-refractivity contribution in [2.75, 3.05) is 0 Å². The van der Waals surface area contributed by atoms with Gasteiger partial charge in [-0.25, -0.2) is 0 Å². The van der Waals surface area contributed by atoms with Crippen molar-refractivity contribution in [2.24, 2.45) is 0 Å². The van der Waals surface area contributed by atoms with E-state index in [0.717, 1.165) is 0 Å². The lowest BCUT2D eigenvalue weighted by Crippen LogP contribution is -2.18. The summed E-state index contributed by atoms with van der Waals surface area (Å²) in [5.41, 5.74) is 1.71. The van der Waals surface area contributed by atoms with Crippen LogP contribution in [0.1, 0.15) is 25.0 Å². The van der Waals surface area contributed by atoms with E-state index in [1.165, 1.54) is 12.1 Å². The third-order valence-corrected chi connectivity index (χ3v) is 4.02. The number of benzene rings is 2. The summed E-state index contributed by atoms with van der Waals surface area (Å²) in [7, 11) is 0. The Bertz CT molecular complexity index is 731. The highest BCUT2D eigenvalue weighted by molar-refractivity contribution is 5.87. The lowest BCUT2D eigenvalue weighted by molar-refractivity contribution is -0.387. The first-order valence-electron chi connectivity index (χ1n) is 6.42. The fourth-order valence-corrected chi connectivity index (χ4v) is 3.27. The minimum atomic E-state index is -0.780. The van der Waals surface area contributed by atoms with E-state index in [2.05, 4.69) is 0 Å². The van der Waals surface area contributed by atoms with Gasteiger partial charge in [-0.3, -0.25) is 20.2 Å². The van der Waals surface area contributed by atoms with Gasteiger partial charge in [-0.05, 0) is 11.1 Å². The molecule has 0 unspecified atom stereocenters. The quantitative estimate of drug-likeness (QED) is 0.619. The van der Waals surface area contributed by atoms with Crippen LogP contribution in [-0.2, 0) is 5.41 Å². The standard InChI is InChI=1S/C15H12N2O4/c1-15(2)13-9(5-3-7-11(13)16(18)19)10-6-4-8-12(14(10)15)17(20)21/h3-8H,1-2H3. The van der Waals surface area contributed by atoms with E-state index in [4.69, 9.17) is 0 Å². The van der Waals surface area contributed by atoms with Gasteiger partial charge in [0, 0.05) is 28.7 Å². The molecular formula is C15H12N2O4. The van der Waals surface area contributed by atoms with Gasteiger partial charge in [0.1, 0.15) is 0 Å². The molecule has 106 valence electrons. The summed E-state index contributed by atoms with van der Waals surface area (Å²) < 4.78 is 0. The molecule has 0 radical (unpaired) electrons.